The molecule has 1 aromatic rings. The SMILES string of the molecule is CC(C)CCNc1cc(N[C@@H]2CCNC2)ncn1. The average molecular weight is 249 g/mol. The van der Waals surface area contributed by atoms with Crippen LogP contribution in [0.3, 0.4) is 0 Å². The Balaban J connectivity index is 1.84. The van der Waals surface area contributed by atoms with Gasteiger partial charge < -0.3 is 16.0 Å². The lowest BCUT2D eigenvalue weighted by Crippen LogP contribution is -2.22. The van der Waals surface area contributed by atoms with Gasteiger partial charge in [0.1, 0.15) is 18.0 Å². The van der Waals surface area contributed by atoms with Crippen molar-refractivity contribution in [2.45, 2.75) is 32.7 Å². The van der Waals surface area contributed by atoms with E-state index in [4.69, 9.17) is 0 Å². The molecule has 100 valence electrons. The van der Waals surface area contributed by atoms with E-state index in [1.54, 1.807) is 6.33 Å². The van der Waals surface area contributed by atoms with Crippen LogP contribution in [0.25, 0.3) is 0 Å². The summed E-state index contributed by atoms with van der Waals surface area (Å²) in [4.78, 5) is 8.49. The zero-order chi connectivity index (χ0) is 12.8. The average Bonchev–Trinajstić information content (AvgIpc) is 2.82. The largest absolute Gasteiger partial charge is 0.370 e. The van der Waals surface area contributed by atoms with Crippen molar-refractivity contribution in [2.75, 3.05) is 30.3 Å². The second-order valence-corrected chi connectivity index (χ2v) is 5.23. The first-order chi connectivity index (χ1) is 8.74. The van der Waals surface area contributed by atoms with Crippen molar-refractivity contribution >= 4 is 11.6 Å². The van der Waals surface area contributed by atoms with Crippen LogP contribution in [-0.2, 0) is 0 Å². The lowest BCUT2D eigenvalue weighted by atomic mass is 10.1. The highest BCUT2D eigenvalue weighted by Gasteiger charge is 2.14. The van der Waals surface area contributed by atoms with Gasteiger partial charge in [0.15, 0.2) is 0 Å². The van der Waals surface area contributed by atoms with Gasteiger partial charge in [0.05, 0.1) is 0 Å². The molecule has 3 N–H and O–H groups in total. The van der Waals surface area contributed by atoms with E-state index >= 15 is 0 Å². The fourth-order valence-corrected chi connectivity index (χ4v) is 2.01. The molecule has 0 saturated carbocycles. The number of anilines is 2. The minimum Gasteiger partial charge on any atom is -0.370 e. The second kappa shape index (κ2) is 6.54. The van der Waals surface area contributed by atoms with Crippen molar-refractivity contribution in [3.8, 4) is 0 Å². The van der Waals surface area contributed by atoms with Gasteiger partial charge >= 0.3 is 0 Å². The third-order valence-electron chi connectivity index (χ3n) is 3.11. The van der Waals surface area contributed by atoms with Crippen LogP contribution >= 0.6 is 0 Å². The summed E-state index contributed by atoms with van der Waals surface area (Å²) in [5.41, 5.74) is 0. The molecule has 1 saturated heterocycles. The molecule has 0 spiro atoms. The smallest absolute Gasteiger partial charge is 0.131 e. The maximum Gasteiger partial charge on any atom is 0.131 e. The predicted octanol–water partition coefficient (Wildman–Crippen LogP) is 1.71. The Kier molecular flexibility index (Phi) is 4.75. The maximum absolute atomic E-state index is 4.26. The van der Waals surface area contributed by atoms with Crippen molar-refractivity contribution in [3.05, 3.63) is 12.4 Å². The van der Waals surface area contributed by atoms with Crippen molar-refractivity contribution in [2.24, 2.45) is 5.92 Å². The summed E-state index contributed by atoms with van der Waals surface area (Å²) in [5, 5.41) is 10.1. The number of hydrogen-bond acceptors (Lipinski definition) is 5. The Morgan fingerprint density at radius 3 is 2.94 bits per heavy atom. The van der Waals surface area contributed by atoms with E-state index in [0.717, 1.165) is 44.1 Å². The van der Waals surface area contributed by atoms with E-state index in [9.17, 15) is 0 Å². The molecule has 18 heavy (non-hydrogen) atoms. The Labute approximate surface area is 109 Å². The van der Waals surface area contributed by atoms with Crippen LogP contribution in [-0.4, -0.2) is 35.6 Å². The summed E-state index contributed by atoms with van der Waals surface area (Å²) in [6, 6.07) is 2.47. The molecule has 1 aliphatic heterocycles. The van der Waals surface area contributed by atoms with Crippen LogP contribution in [0.2, 0.25) is 0 Å². The minimum atomic E-state index is 0.489. The molecule has 1 aliphatic rings. The van der Waals surface area contributed by atoms with E-state index < -0.39 is 0 Å². The summed E-state index contributed by atoms with van der Waals surface area (Å²) in [7, 11) is 0. The number of aromatic nitrogens is 2. The molecule has 0 bridgehead atoms. The van der Waals surface area contributed by atoms with Gasteiger partial charge in [-0.05, 0) is 25.3 Å². The van der Waals surface area contributed by atoms with Crippen LogP contribution in [0, 0.1) is 5.92 Å². The molecule has 1 fully saturated rings. The second-order valence-electron chi connectivity index (χ2n) is 5.23. The Morgan fingerprint density at radius 2 is 2.22 bits per heavy atom. The zero-order valence-corrected chi connectivity index (χ0v) is 11.2. The Bertz CT molecular complexity index is 360. The lowest BCUT2D eigenvalue weighted by molar-refractivity contribution is 0.606. The van der Waals surface area contributed by atoms with Gasteiger partial charge in [0, 0.05) is 25.2 Å². The third kappa shape index (κ3) is 4.14. The predicted molar refractivity (Wildman–Crippen MR) is 74.9 cm³/mol. The normalized spacial score (nSPS) is 19.2. The standard InChI is InChI=1S/C13H23N5/c1-10(2)3-6-15-12-7-13(17-9-16-12)18-11-4-5-14-8-11/h7,9-11,14H,3-6,8H2,1-2H3,(H2,15,16,17,18)/t11-/m1/s1. The molecule has 0 aliphatic carbocycles. The van der Waals surface area contributed by atoms with Gasteiger partial charge in [-0.25, -0.2) is 9.97 Å². The quantitative estimate of drug-likeness (QED) is 0.716. The monoisotopic (exact) mass is 249 g/mol. The van der Waals surface area contributed by atoms with Crippen LogP contribution in [0.4, 0.5) is 11.6 Å². The van der Waals surface area contributed by atoms with Gasteiger partial charge in [-0.3, -0.25) is 0 Å². The van der Waals surface area contributed by atoms with Crippen molar-refractivity contribution in [1.82, 2.24) is 15.3 Å². The molecule has 2 rings (SSSR count). The number of hydrogen-bond donors (Lipinski definition) is 3. The molecular weight excluding hydrogens is 226 g/mol. The molecule has 0 unspecified atom stereocenters. The maximum atomic E-state index is 4.26. The van der Waals surface area contributed by atoms with Crippen LogP contribution in [0.15, 0.2) is 12.4 Å². The van der Waals surface area contributed by atoms with E-state index in [1.165, 1.54) is 0 Å². The molecule has 1 atom stereocenters. The first-order valence-corrected chi connectivity index (χ1v) is 6.77. The fourth-order valence-electron chi connectivity index (χ4n) is 2.01. The minimum absolute atomic E-state index is 0.489. The molecule has 0 radical (unpaired) electrons. The van der Waals surface area contributed by atoms with Crippen LogP contribution in [0.1, 0.15) is 26.7 Å². The number of nitrogens with one attached hydrogen (secondary N) is 3. The highest BCUT2D eigenvalue weighted by atomic mass is 15.1. The number of rotatable bonds is 6. The highest BCUT2D eigenvalue weighted by Crippen LogP contribution is 2.12. The highest BCUT2D eigenvalue weighted by molar-refractivity contribution is 5.47. The van der Waals surface area contributed by atoms with Gasteiger partial charge in [-0.2, -0.15) is 0 Å². The van der Waals surface area contributed by atoms with Gasteiger partial charge in [-0.15, -0.1) is 0 Å². The summed E-state index contributed by atoms with van der Waals surface area (Å²) >= 11 is 0. The Morgan fingerprint density at radius 1 is 1.39 bits per heavy atom. The molecular formula is C13H23N5. The lowest BCUT2D eigenvalue weighted by Gasteiger charge is -2.13. The third-order valence-corrected chi connectivity index (χ3v) is 3.11. The fraction of sp³-hybridized carbons (Fsp3) is 0.692. The zero-order valence-electron chi connectivity index (χ0n) is 11.2. The van der Waals surface area contributed by atoms with E-state index in [1.807, 2.05) is 6.07 Å². The van der Waals surface area contributed by atoms with Crippen LogP contribution in [0.5, 0.6) is 0 Å². The Hall–Kier alpha value is -1.36. The van der Waals surface area contributed by atoms with Crippen LogP contribution < -0.4 is 16.0 Å². The van der Waals surface area contributed by atoms with Gasteiger partial charge in [-0.1, -0.05) is 13.8 Å². The van der Waals surface area contributed by atoms with Gasteiger partial charge in [0.25, 0.3) is 0 Å². The topological polar surface area (TPSA) is 61.9 Å². The summed E-state index contributed by atoms with van der Waals surface area (Å²) in [6.07, 6.45) is 3.92. The molecule has 1 aromatic heterocycles. The van der Waals surface area contributed by atoms with E-state index in [0.29, 0.717) is 12.0 Å². The first kappa shape index (κ1) is 13.1. The molecule has 2 heterocycles. The molecule has 0 amide bonds. The summed E-state index contributed by atoms with van der Waals surface area (Å²) in [6.45, 7) is 7.50. The first-order valence-electron chi connectivity index (χ1n) is 6.77. The molecule has 5 heteroatoms. The summed E-state index contributed by atoms with van der Waals surface area (Å²) in [5.74, 6) is 2.52. The van der Waals surface area contributed by atoms with Gasteiger partial charge in [0.2, 0.25) is 0 Å². The van der Waals surface area contributed by atoms with E-state index in [2.05, 4.69) is 39.8 Å². The molecule has 0 aromatic carbocycles. The van der Waals surface area contributed by atoms with Crippen molar-refractivity contribution in [3.63, 3.8) is 0 Å². The van der Waals surface area contributed by atoms with Crippen molar-refractivity contribution in [1.29, 1.82) is 0 Å². The number of nitrogens with zero attached hydrogens (tertiary/aromatic N) is 2. The molecule has 5 nitrogen and oxygen atoms in total. The summed E-state index contributed by atoms with van der Waals surface area (Å²) < 4.78 is 0. The van der Waals surface area contributed by atoms with Crippen molar-refractivity contribution < 1.29 is 0 Å². The van der Waals surface area contributed by atoms with E-state index in [-0.39, 0.29) is 0 Å².